The van der Waals surface area contributed by atoms with Crippen molar-refractivity contribution in [2.24, 2.45) is 5.10 Å². The fourth-order valence-electron chi connectivity index (χ4n) is 3.59. The molecule has 2 N–H and O–H groups in total. The zero-order chi connectivity index (χ0) is 25.2. The summed E-state index contributed by atoms with van der Waals surface area (Å²) in [5.74, 6) is -0.391. The van der Waals surface area contributed by atoms with E-state index in [0.717, 1.165) is 5.56 Å². The Kier molecular flexibility index (Phi) is 6.32. The summed E-state index contributed by atoms with van der Waals surface area (Å²) in [7, 11) is 0. The lowest BCUT2D eigenvalue weighted by Crippen LogP contribution is -2.27. The fourth-order valence-corrected chi connectivity index (χ4v) is 3.59. The molecule has 0 bridgehead atoms. The highest BCUT2D eigenvalue weighted by Crippen LogP contribution is 2.33. The highest BCUT2D eigenvalue weighted by Gasteiger charge is 2.34. The van der Waals surface area contributed by atoms with Crippen LogP contribution in [0.3, 0.4) is 0 Å². The summed E-state index contributed by atoms with van der Waals surface area (Å²) < 4.78 is 5.27. The lowest BCUT2D eigenvalue weighted by molar-refractivity contribution is -0.384. The van der Waals surface area contributed by atoms with E-state index < -0.39 is 28.6 Å². The number of H-pyrrole nitrogens is 1. The van der Waals surface area contributed by atoms with Gasteiger partial charge in [-0.3, -0.25) is 20.2 Å². The summed E-state index contributed by atoms with van der Waals surface area (Å²) in [5, 5.41) is 19.6. The van der Waals surface area contributed by atoms with Crippen molar-refractivity contribution in [1.82, 2.24) is 15.0 Å². The van der Waals surface area contributed by atoms with Crippen molar-refractivity contribution in [3.8, 4) is 0 Å². The van der Waals surface area contributed by atoms with Crippen molar-refractivity contribution in [2.45, 2.75) is 38.8 Å². The van der Waals surface area contributed by atoms with Crippen LogP contribution in [0.2, 0.25) is 0 Å². The van der Waals surface area contributed by atoms with Crippen LogP contribution in [0, 0.1) is 10.1 Å². The number of aromatic nitrogens is 2. The number of carbonyl (C=O) groups excluding carboxylic acids is 2. The second kappa shape index (κ2) is 9.37. The first kappa shape index (κ1) is 23.6. The van der Waals surface area contributed by atoms with Crippen LogP contribution < -0.4 is 5.32 Å². The Labute approximate surface area is 201 Å². The number of ether oxygens (including phenoxy) is 1. The van der Waals surface area contributed by atoms with Crippen molar-refractivity contribution in [3.05, 3.63) is 88.0 Å². The normalized spacial score (nSPS) is 15.5. The molecule has 0 saturated carbocycles. The number of benzene rings is 2. The first-order valence-corrected chi connectivity index (χ1v) is 10.8. The van der Waals surface area contributed by atoms with Gasteiger partial charge in [0.2, 0.25) is 0 Å². The number of imidazole rings is 1. The Morgan fingerprint density at radius 2 is 1.83 bits per heavy atom. The van der Waals surface area contributed by atoms with Crippen LogP contribution in [0.25, 0.3) is 0 Å². The van der Waals surface area contributed by atoms with E-state index in [1.807, 2.05) is 0 Å². The van der Waals surface area contributed by atoms with Crippen molar-refractivity contribution < 1.29 is 19.2 Å². The first-order valence-electron chi connectivity index (χ1n) is 10.8. The third-order valence-corrected chi connectivity index (χ3v) is 5.19. The predicted molar refractivity (Wildman–Crippen MR) is 128 cm³/mol. The first-order chi connectivity index (χ1) is 16.6. The van der Waals surface area contributed by atoms with Gasteiger partial charge in [0, 0.05) is 29.8 Å². The van der Waals surface area contributed by atoms with E-state index in [9.17, 15) is 19.7 Å². The molecule has 180 valence electrons. The van der Waals surface area contributed by atoms with Crippen LogP contribution in [-0.2, 0) is 4.74 Å². The summed E-state index contributed by atoms with van der Waals surface area (Å²) in [6, 6.07) is 12.0. The van der Waals surface area contributed by atoms with Gasteiger partial charge in [-0.05, 0) is 50.6 Å². The van der Waals surface area contributed by atoms with Gasteiger partial charge in [0.05, 0.1) is 28.9 Å². The Morgan fingerprint density at radius 3 is 2.40 bits per heavy atom. The van der Waals surface area contributed by atoms with E-state index in [0.29, 0.717) is 23.5 Å². The number of nitro benzene ring substituents is 1. The van der Waals surface area contributed by atoms with E-state index >= 15 is 0 Å². The highest BCUT2D eigenvalue weighted by molar-refractivity contribution is 6.05. The quantitative estimate of drug-likeness (QED) is 0.405. The molecule has 0 radical (unpaired) electrons. The largest absolute Gasteiger partial charge is 0.444 e. The van der Waals surface area contributed by atoms with Gasteiger partial charge in [-0.2, -0.15) is 5.10 Å². The third kappa shape index (κ3) is 5.52. The Hall–Kier alpha value is -4.54. The van der Waals surface area contributed by atoms with Crippen molar-refractivity contribution in [1.29, 1.82) is 0 Å². The number of carbonyl (C=O) groups is 2. The molecule has 4 rings (SSSR count). The van der Waals surface area contributed by atoms with Gasteiger partial charge in [-0.15, -0.1) is 0 Å². The average Bonchev–Trinajstić information content (AvgIpc) is 3.48. The molecular weight excluding hydrogens is 452 g/mol. The number of amides is 2. The molecule has 0 saturated heterocycles. The van der Waals surface area contributed by atoms with Gasteiger partial charge in [-0.1, -0.05) is 12.1 Å². The topological polar surface area (TPSA) is 143 Å². The summed E-state index contributed by atoms with van der Waals surface area (Å²) in [6.07, 6.45) is 3.04. The summed E-state index contributed by atoms with van der Waals surface area (Å²) in [4.78, 5) is 42.8. The standard InChI is InChI=1S/C24H24N6O5/c1-24(2,3)35-23(32)27-17-8-4-15(5-9-17)19-12-21(20-13-25-14-26-20)29(28-19)22(31)16-6-10-18(11-7-16)30(33)34/h4-11,13-14,21H,12H2,1-3H3,(H,25,26)(H,27,32). The fraction of sp³-hybridized carbons (Fsp3) is 0.250. The molecule has 11 heteroatoms. The molecule has 11 nitrogen and oxygen atoms in total. The van der Waals surface area contributed by atoms with Crippen molar-refractivity contribution in [2.75, 3.05) is 5.32 Å². The zero-order valence-corrected chi connectivity index (χ0v) is 19.4. The minimum absolute atomic E-state index is 0.0997. The number of nitro groups is 1. The molecule has 1 atom stereocenters. The Morgan fingerprint density at radius 1 is 1.14 bits per heavy atom. The molecule has 1 unspecified atom stereocenters. The minimum atomic E-state index is -0.607. The average molecular weight is 476 g/mol. The second-order valence-electron chi connectivity index (χ2n) is 8.93. The summed E-state index contributed by atoms with van der Waals surface area (Å²) in [5.41, 5.74) is 2.29. The van der Waals surface area contributed by atoms with Crippen LogP contribution in [0.15, 0.2) is 66.2 Å². The van der Waals surface area contributed by atoms with Crippen molar-refractivity contribution >= 4 is 29.1 Å². The van der Waals surface area contributed by atoms with E-state index in [4.69, 9.17) is 4.74 Å². The SMILES string of the molecule is CC(C)(C)OC(=O)Nc1ccc(C2=NN(C(=O)c3ccc([N+](=O)[O-])cc3)C(c3cnc[nH]3)C2)cc1. The van der Waals surface area contributed by atoms with Crippen LogP contribution in [0.4, 0.5) is 16.2 Å². The monoisotopic (exact) mass is 476 g/mol. The van der Waals surface area contributed by atoms with E-state index in [1.54, 1.807) is 51.2 Å². The zero-order valence-electron chi connectivity index (χ0n) is 19.4. The number of nitrogens with zero attached hydrogens (tertiary/aromatic N) is 4. The number of aromatic amines is 1. The van der Waals surface area contributed by atoms with Gasteiger partial charge >= 0.3 is 6.09 Å². The number of hydrogen-bond donors (Lipinski definition) is 2. The molecule has 0 fully saturated rings. The number of non-ortho nitro benzene ring substituents is 1. The Bertz CT molecular complexity index is 1260. The number of hydrazone groups is 1. The minimum Gasteiger partial charge on any atom is -0.444 e. The molecule has 1 aliphatic heterocycles. The molecule has 2 aromatic carbocycles. The third-order valence-electron chi connectivity index (χ3n) is 5.19. The summed E-state index contributed by atoms with van der Waals surface area (Å²) >= 11 is 0. The van der Waals surface area contributed by atoms with E-state index in [1.165, 1.54) is 35.6 Å². The molecule has 2 amide bonds. The molecule has 1 aromatic heterocycles. The van der Waals surface area contributed by atoms with Crippen LogP contribution in [-0.4, -0.2) is 43.2 Å². The lowest BCUT2D eigenvalue weighted by atomic mass is 10.0. The number of anilines is 1. The molecule has 0 aliphatic carbocycles. The number of nitrogens with one attached hydrogen (secondary N) is 2. The van der Waals surface area contributed by atoms with E-state index in [2.05, 4.69) is 20.4 Å². The predicted octanol–water partition coefficient (Wildman–Crippen LogP) is 4.66. The highest BCUT2D eigenvalue weighted by atomic mass is 16.6. The number of hydrogen-bond acceptors (Lipinski definition) is 7. The molecule has 0 spiro atoms. The maximum Gasteiger partial charge on any atom is 0.412 e. The lowest BCUT2D eigenvalue weighted by Gasteiger charge is -2.20. The maximum atomic E-state index is 13.3. The molecular formula is C24H24N6O5. The van der Waals surface area contributed by atoms with Crippen LogP contribution in [0.5, 0.6) is 0 Å². The maximum absolute atomic E-state index is 13.3. The van der Waals surface area contributed by atoms with Crippen molar-refractivity contribution in [3.63, 3.8) is 0 Å². The van der Waals surface area contributed by atoms with Crippen LogP contribution in [0.1, 0.15) is 54.8 Å². The van der Waals surface area contributed by atoms with Gasteiger partial charge in [0.15, 0.2) is 0 Å². The van der Waals surface area contributed by atoms with Gasteiger partial charge in [0.1, 0.15) is 11.6 Å². The smallest absolute Gasteiger partial charge is 0.412 e. The van der Waals surface area contributed by atoms with Gasteiger partial charge in [-0.25, -0.2) is 14.8 Å². The van der Waals surface area contributed by atoms with Crippen LogP contribution >= 0.6 is 0 Å². The molecule has 35 heavy (non-hydrogen) atoms. The van der Waals surface area contributed by atoms with Gasteiger partial charge in [0.25, 0.3) is 11.6 Å². The van der Waals surface area contributed by atoms with Gasteiger partial charge < -0.3 is 9.72 Å². The second-order valence-corrected chi connectivity index (χ2v) is 8.93. The molecule has 3 aromatic rings. The number of rotatable bonds is 5. The summed E-state index contributed by atoms with van der Waals surface area (Å²) in [6.45, 7) is 5.36. The molecule has 2 heterocycles. The van der Waals surface area contributed by atoms with E-state index in [-0.39, 0.29) is 11.3 Å². The Balaban J connectivity index is 1.56. The molecule has 1 aliphatic rings.